The second-order valence-electron chi connectivity index (χ2n) is 6.56. The number of esters is 1. The number of ether oxygens (including phenoxy) is 1. The van der Waals surface area contributed by atoms with Crippen LogP contribution in [0.4, 0.5) is 0 Å². The maximum absolute atomic E-state index is 11.9. The van der Waals surface area contributed by atoms with E-state index in [1.165, 1.54) is 0 Å². The van der Waals surface area contributed by atoms with Crippen molar-refractivity contribution in [2.24, 2.45) is 5.92 Å². The zero-order valence-corrected chi connectivity index (χ0v) is 16.3. The lowest BCUT2D eigenvalue weighted by Crippen LogP contribution is -2.46. The lowest BCUT2D eigenvalue weighted by molar-refractivity contribution is -0.148. The minimum Gasteiger partial charge on any atom is -0.465 e. The molecule has 0 saturated carbocycles. The molecule has 1 N–H and O–H groups in total. The van der Waals surface area contributed by atoms with Crippen LogP contribution in [-0.4, -0.2) is 42.5 Å². The lowest BCUT2D eigenvalue weighted by Gasteiger charge is -2.34. The van der Waals surface area contributed by atoms with E-state index in [-0.39, 0.29) is 12.0 Å². The number of rotatable bonds is 8. The van der Waals surface area contributed by atoms with Gasteiger partial charge in [-0.3, -0.25) is 4.79 Å². The Hall–Kier alpha value is 0.0869. The van der Waals surface area contributed by atoms with Crippen molar-refractivity contribution in [1.29, 1.82) is 0 Å². The number of hydrogen-bond donors (Lipinski definition) is 1. The van der Waals surface area contributed by atoms with Crippen LogP contribution in [0.5, 0.6) is 0 Å². The minimum atomic E-state index is -1.69. The average Bonchev–Trinajstić information content (AvgIpc) is 2.26. The first kappa shape index (κ1) is 20.1. The van der Waals surface area contributed by atoms with Gasteiger partial charge in [-0.25, -0.2) is 0 Å². The topological polar surface area (TPSA) is 55.8 Å². The normalized spacial score (nSPS) is 18.5. The number of halogens is 1. The van der Waals surface area contributed by atoms with Crippen molar-refractivity contribution >= 4 is 30.2 Å². The van der Waals surface area contributed by atoms with Crippen molar-refractivity contribution in [2.75, 3.05) is 6.61 Å². The summed E-state index contributed by atoms with van der Waals surface area (Å²) in [6, 6.07) is 0. The molecule has 1 unspecified atom stereocenters. The van der Waals surface area contributed by atoms with Crippen LogP contribution in [0.25, 0.3) is 0 Å². The van der Waals surface area contributed by atoms with E-state index in [1.54, 1.807) is 13.8 Å². The lowest BCUT2D eigenvalue weighted by atomic mass is 9.94. The van der Waals surface area contributed by atoms with E-state index in [4.69, 9.17) is 9.16 Å². The Balaban J connectivity index is 4.83. The van der Waals surface area contributed by atoms with Gasteiger partial charge in [0.05, 0.1) is 12.7 Å². The van der Waals surface area contributed by atoms with Crippen LogP contribution in [0.15, 0.2) is 0 Å². The first-order valence-corrected chi connectivity index (χ1v) is 11.3. The van der Waals surface area contributed by atoms with Crippen LogP contribution in [0.3, 0.4) is 0 Å². The Morgan fingerprint density at radius 3 is 2.20 bits per heavy atom. The molecule has 0 spiro atoms. The van der Waals surface area contributed by atoms with E-state index in [9.17, 15) is 9.90 Å². The molecule has 0 heterocycles. The van der Waals surface area contributed by atoms with E-state index in [0.29, 0.717) is 13.0 Å². The maximum Gasteiger partial charge on any atom is 0.325 e. The number of carbonyl (C=O) groups excluding carboxylic acids is 1. The molecule has 120 valence electrons. The van der Waals surface area contributed by atoms with Crippen LogP contribution < -0.4 is 0 Å². The predicted octanol–water partition coefficient (Wildman–Crippen LogP) is 3.33. The Labute approximate surface area is 132 Å². The third-order valence-electron chi connectivity index (χ3n) is 3.00. The van der Waals surface area contributed by atoms with E-state index in [0.717, 1.165) is 0 Å². The van der Waals surface area contributed by atoms with Gasteiger partial charge in [0.2, 0.25) is 0 Å². The Morgan fingerprint density at radius 1 is 1.35 bits per heavy atom. The molecule has 6 heteroatoms. The molecule has 3 atom stereocenters. The molecule has 0 fully saturated rings. The maximum atomic E-state index is 11.9. The van der Waals surface area contributed by atoms with Gasteiger partial charge in [0.25, 0.3) is 0 Å². The van der Waals surface area contributed by atoms with E-state index < -0.39 is 24.7 Å². The van der Waals surface area contributed by atoms with Crippen molar-refractivity contribution in [3.8, 4) is 0 Å². The highest BCUT2D eigenvalue weighted by atomic mass is 79.9. The largest absolute Gasteiger partial charge is 0.465 e. The Morgan fingerprint density at radius 2 is 1.85 bits per heavy atom. The molecule has 0 rings (SSSR count). The van der Waals surface area contributed by atoms with Gasteiger partial charge in [-0.05, 0) is 39.4 Å². The molecule has 0 saturated heterocycles. The number of aliphatic hydroxyl groups excluding tert-OH is 1. The molecular formula is C14H29BrO4Si. The summed E-state index contributed by atoms with van der Waals surface area (Å²) in [5.41, 5.74) is 0. The highest BCUT2D eigenvalue weighted by molar-refractivity contribution is 9.10. The van der Waals surface area contributed by atoms with Crippen molar-refractivity contribution in [3.63, 3.8) is 0 Å². The molecule has 0 aromatic heterocycles. The van der Waals surface area contributed by atoms with Crippen LogP contribution >= 0.6 is 15.9 Å². The number of alkyl halides is 1. The van der Waals surface area contributed by atoms with Gasteiger partial charge in [-0.1, -0.05) is 29.8 Å². The first-order valence-electron chi connectivity index (χ1n) is 7.13. The average molecular weight is 369 g/mol. The molecule has 4 nitrogen and oxygen atoms in total. The number of hydrogen-bond acceptors (Lipinski definition) is 4. The molecular weight excluding hydrogens is 340 g/mol. The Kier molecular flexibility index (Phi) is 7.95. The molecule has 0 aromatic carbocycles. The van der Waals surface area contributed by atoms with Crippen LogP contribution in [-0.2, 0) is 14.0 Å². The summed E-state index contributed by atoms with van der Waals surface area (Å²) < 4.78 is 10.0. The Bertz CT molecular complexity index is 313. The van der Waals surface area contributed by atoms with E-state index >= 15 is 0 Å². The van der Waals surface area contributed by atoms with Gasteiger partial charge in [-0.2, -0.15) is 0 Å². The molecule has 0 aliphatic heterocycles. The predicted molar refractivity (Wildman–Crippen MR) is 87.6 cm³/mol. The van der Waals surface area contributed by atoms with Crippen LogP contribution in [0.2, 0.25) is 19.6 Å². The van der Waals surface area contributed by atoms with Gasteiger partial charge in [0.15, 0.2) is 8.32 Å². The highest BCUT2D eigenvalue weighted by Crippen LogP contribution is 2.30. The molecule has 0 aromatic rings. The zero-order chi connectivity index (χ0) is 16.1. The fourth-order valence-corrected chi connectivity index (χ4v) is 3.34. The summed E-state index contributed by atoms with van der Waals surface area (Å²) in [6.45, 7) is 14.2. The second kappa shape index (κ2) is 7.92. The van der Waals surface area contributed by atoms with E-state index in [2.05, 4.69) is 49.4 Å². The zero-order valence-electron chi connectivity index (χ0n) is 13.7. The molecule has 0 aliphatic carbocycles. The van der Waals surface area contributed by atoms with Crippen molar-refractivity contribution in [3.05, 3.63) is 0 Å². The van der Waals surface area contributed by atoms with Crippen molar-refractivity contribution in [2.45, 2.75) is 70.3 Å². The van der Waals surface area contributed by atoms with Crippen molar-refractivity contribution in [1.82, 2.24) is 0 Å². The van der Waals surface area contributed by atoms with Gasteiger partial charge < -0.3 is 14.3 Å². The molecule has 0 bridgehead atoms. The van der Waals surface area contributed by atoms with E-state index in [1.807, 2.05) is 0 Å². The van der Waals surface area contributed by atoms with Crippen LogP contribution in [0.1, 0.15) is 34.1 Å². The summed E-state index contributed by atoms with van der Waals surface area (Å²) in [5, 5.41) is 10.4. The van der Waals surface area contributed by atoms with Gasteiger partial charge in [0, 0.05) is 12.5 Å². The smallest absolute Gasteiger partial charge is 0.325 e. The second-order valence-corrected chi connectivity index (χ2v) is 12.7. The van der Waals surface area contributed by atoms with Crippen LogP contribution in [0, 0.1) is 5.92 Å². The summed E-state index contributed by atoms with van der Waals surface area (Å²) >= 11 is 3.30. The molecule has 0 amide bonds. The molecule has 0 aliphatic rings. The fraction of sp³-hybridized carbons (Fsp3) is 0.929. The number of aliphatic hydroxyl groups is 1. The fourth-order valence-electron chi connectivity index (χ4n) is 1.76. The van der Waals surface area contributed by atoms with Gasteiger partial charge >= 0.3 is 5.97 Å². The standard InChI is InChI=1S/C14H29BrO4Si/c1-8-18-13(17)14(4,15)12(16)9-11(10(2)3)19-20(5,6)7/h10-12,16H,8-9H2,1-7H3/t11-,12+,14?/m1/s1. The third-order valence-corrected chi connectivity index (χ3v) is 4.87. The summed E-state index contributed by atoms with van der Waals surface area (Å²) in [4.78, 5) is 11.9. The summed E-state index contributed by atoms with van der Waals surface area (Å²) in [5.74, 6) is -0.162. The molecule has 20 heavy (non-hydrogen) atoms. The quantitative estimate of drug-likeness (QED) is 0.405. The summed E-state index contributed by atoms with van der Waals surface area (Å²) in [6.07, 6.45) is -0.518. The monoisotopic (exact) mass is 368 g/mol. The number of carbonyl (C=O) groups is 1. The third kappa shape index (κ3) is 6.69. The SMILES string of the molecule is CCOC(=O)C(C)(Br)[C@@H](O)C[C@@H](O[Si](C)(C)C)C(C)C. The highest BCUT2D eigenvalue weighted by Gasteiger charge is 2.41. The minimum absolute atomic E-state index is 0.0667. The summed E-state index contributed by atoms with van der Waals surface area (Å²) in [7, 11) is -1.69. The van der Waals surface area contributed by atoms with Crippen molar-refractivity contribution < 1.29 is 19.1 Å². The van der Waals surface area contributed by atoms with Gasteiger partial charge in [-0.15, -0.1) is 0 Å². The molecule has 0 radical (unpaired) electrons. The first-order chi connectivity index (χ1) is 8.91. The van der Waals surface area contributed by atoms with Gasteiger partial charge in [0.1, 0.15) is 4.32 Å².